The molecule has 2 nitrogen and oxygen atoms in total. The Hall–Kier alpha value is -0.0500. The number of rotatable bonds is 6. The van der Waals surface area contributed by atoms with Gasteiger partial charge in [0.05, 0.1) is 5.25 Å². The molecule has 0 bridgehead atoms. The van der Waals surface area contributed by atoms with E-state index in [4.69, 9.17) is 0 Å². The summed E-state index contributed by atoms with van der Waals surface area (Å²) in [7, 11) is -2.78. The quantitative estimate of drug-likeness (QED) is 0.606. The molecule has 0 aromatic rings. The van der Waals surface area contributed by atoms with Gasteiger partial charge in [-0.1, -0.05) is 33.1 Å². The maximum Gasteiger partial charge on any atom is 0.152 e. The fourth-order valence-corrected chi connectivity index (χ4v) is 2.24. The van der Waals surface area contributed by atoms with Gasteiger partial charge in [0.15, 0.2) is 9.84 Å². The van der Waals surface area contributed by atoms with Crippen molar-refractivity contribution in [3.05, 3.63) is 0 Å². The lowest BCUT2D eigenvalue weighted by molar-refractivity contribution is 0.568. The normalized spacial score (nSPS) is 14.6. The van der Waals surface area contributed by atoms with Gasteiger partial charge in [0.2, 0.25) is 0 Å². The third-order valence-corrected chi connectivity index (χ3v) is 4.50. The molecule has 0 aliphatic carbocycles. The molecule has 3 heteroatoms. The molecule has 74 valence electrons. The molecular formula is C9H20O2S. The van der Waals surface area contributed by atoms with Gasteiger partial charge in [0.25, 0.3) is 0 Å². The molecule has 0 heterocycles. The molecule has 0 amide bonds. The van der Waals surface area contributed by atoms with E-state index in [1.165, 1.54) is 0 Å². The Bertz CT molecular complexity index is 195. The fourth-order valence-electron chi connectivity index (χ4n) is 1.15. The van der Waals surface area contributed by atoms with Crippen LogP contribution in [-0.2, 0) is 9.84 Å². The van der Waals surface area contributed by atoms with Gasteiger partial charge in [-0.25, -0.2) is 8.42 Å². The molecule has 0 saturated carbocycles. The number of hydrogen-bond acceptors (Lipinski definition) is 2. The lowest BCUT2D eigenvalue weighted by Gasteiger charge is -2.10. The summed E-state index contributed by atoms with van der Waals surface area (Å²) in [4.78, 5) is 0. The van der Waals surface area contributed by atoms with Gasteiger partial charge < -0.3 is 0 Å². The van der Waals surface area contributed by atoms with E-state index in [0.29, 0.717) is 0 Å². The Morgan fingerprint density at radius 3 is 2.17 bits per heavy atom. The minimum Gasteiger partial charge on any atom is -0.229 e. The Labute approximate surface area is 76.3 Å². The Balaban J connectivity index is 3.80. The lowest BCUT2D eigenvalue weighted by atomic mass is 10.2. The fraction of sp³-hybridized carbons (Fsp3) is 1.00. The van der Waals surface area contributed by atoms with E-state index >= 15 is 0 Å². The second-order valence-electron chi connectivity index (χ2n) is 3.26. The van der Waals surface area contributed by atoms with Crippen LogP contribution in [0.3, 0.4) is 0 Å². The van der Waals surface area contributed by atoms with Crippen LogP contribution in [0.4, 0.5) is 0 Å². The van der Waals surface area contributed by atoms with Crippen molar-refractivity contribution < 1.29 is 8.42 Å². The second kappa shape index (κ2) is 5.57. The van der Waals surface area contributed by atoms with E-state index in [1.54, 1.807) is 6.92 Å². The Morgan fingerprint density at radius 1 is 1.17 bits per heavy atom. The SMILES string of the molecule is CCCCCC(C)S(=O)(=O)CC. The molecule has 0 saturated heterocycles. The van der Waals surface area contributed by atoms with E-state index in [2.05, 4.69) is 6.92 Å². The summed E-state index contributed by atoms with van der Waals surface area (Å²) in [5.74, 6) is 0.278. The highest BCUT2D eigenvalue weighted by molar-refractivity contribution is 7.91. The monoisotopic (exact) mass is 192 g/mol. The van der Waals surface area contributed by atoms with E-state index in [1.807, 2.05) is 6.92 Å². The number of hydrogen-bond donors (Lipinski definition) is 0. The van der Waals surface area contributed by atoms with E-state index in [9.17, 15) is 8.42 Å². The van der Waals surface area contributed by atoms with Crippen molar-refractivity contribution in [2.75, 3.05) is 5.75 Å². The topological polar surface area (TPSA) is 34.1 Å². The number of unbranched alkanes of at least 4 members (excludes halogenated alkanes) is 2. The van der Waals surface area contributed by atoms with Crippen molar-refractivity contribution in [2.24, 2.45) is 0 Å². The summed E-state index contributed by atoms with van der Waals surface area (Å²) >= 11 is 0. The van der Waals surface area contributed by atoms with Gasteiger partial charge in [-0.3, -0.25) is 0 Å². The molecule has 0 spiro atoms. The smallest absolute Gasteiger partial charge is 0.152 e. The van der Waals surface area contributed by atoms with Crippen LogP contribution in [0.5, 0.6) is 0 Å². The average Bonchev–Trinajstić information content (AvgIpc) is 2.05. The van der Waals surface area contributed by atoms with E-state index in [-0.39, 0.29) is 11.0 Å². The van der Waals surface area contributed by atoms with Crippen LogP contribution in [0.1, 0.15) is 46.5 Å². The standard InChI is InChI=1S/C9H20O2S/c1-4-6-7-8-9(3)12(10,11)5-2/h9H,4-8H2,1-3H3. The van der Waals surface area contributed by atoms with Crippen molar-refractivity contribution in [1.29, 1.82) is 0 Å². The van der Waals surface area contributed by atoms with Crippen LogP contribution in [0, 0.1) is 0 Å². The summed E-state index contributed by atoms with van der Waals surface area (Å²) in [6.07, 6.45) is 4.16. The second-order valence-corrected chi connectivity index (χ2v) is 5.97. The highest BCUT2D eigenvalue weighted by Crippen LogP contribution is 2.11. The summed E-state index contributed by atoms with van der Waals surface area (Å²) in [6, 6.07) is 0. The predicted molar refractivity (Wildman–Crippen MR) is 53.1 cm³/mol. The molecule has 0 rings (SSSR count). The van der Waals surface area contributed by atoms with E-state index in [0.717, 1.165) is 25.7 Å². The van der Waals surface area contributed by atoms with Gasteiger partial charge in [-0.15, -0.1) is 0 Å². The zero-order valence-corrected chi connectivity index (χ0v) is 9.15. The van der Waals surface area contributed by atoms with Crippen LogP contribution < -0.4 is 0 Å². The van der Waals surface area contributed by atoms with Crippen molar-refractivity contribution >= 4 is 9.84 Å². The molecule has 0 fully saturated rings. The maximum atomic E-state index is 11.3. The van der Waals surface area contributed by atoms with E-state index < -0.39 is 9.84 Å². The molecule has 1 unspecified atom stereocenters. The van der Waals surface area contributed by atoms with Gasteiger partial charge in [0.1, 0.15) is 0 Å². The largest absolute Gasteiger partial charge is 0.229 e. The first-order valence-corrected chi connectivity index (χ1v) is 6.47. The molecular weight excluding hydrogens is 172 g/mol. The van der Waals surface area contributed by atoms with Gasteiger partial charge >= 0.3 is 0 Å². The average molecular weight is 192 g/mol. The highest BCUT2D eigenvalue weighted by atomic mass is 32.2. The van der Waals surface area contributed by atoms with Gasteiger partial charge in [0, 0.05) is 5.75 Å². The molecule has 1 atom stereocenters. The molecule has 0 N–H and O–H groups in total. The minimum atomic E-state index is -2.78. The summed E-state index contributed by atoms with van der Waals surface area (Å²) in [6.45, 7) is 5.65. The third-order valence-electron chi connectivity index (χ3n) is 2.23. The Morgan fingerprint density at radius 2 is 1.75 bits per heavy atom. The Kier molecular flexibility index (Phi) is 5.55. The van der Waals surface area contributed by atoms with Crippen molar-refractivity contribution in [3.8, 4) is 0 Å². The molecule has 0 aliphatic heterocycles. The molecule has 0 radical (unpaired) electrons. The third kappa shape index (κ3) is 4.10. The molecule has 0 aromatic heterocycles. The van der Waals surface area contributed by atoms with Crippen LogP contribution in [0.25, 0.3) is 0 Å². The van der Waals surface area contributed by atoms with Crippen molar-refractivity contribution in [3.63, 3.8) is 0 Å². The number of sulfone groups is 1. The summed E-state index contributed by atoms with van der Waals surface area (Å²) in [5.41, 5.74) is 0. The first-order chi connectivity index (χ1) is 5.54. The van der Waals surface area contributed by atoms with Crippen LogP contribution in [-0.4, -0.2) is 19.4 Å². The summed E-state index contributed by atoms with van der Waals surface area (Å²) < 4.78 is 22.6. The highest BCUT2D eigenvalue weighted by Gasteiger charge is 2.17. The first-order valence-electron chi connectivity index (χ1n) is 4.76. The minimum absolute atomic E-state index is 0.144. The molecule has 0 aliphatic rings. The molecule has 12 heavy (non-hydrogen) atoms. The van der Waals surface area contributed by atoms with Crippen LogP contribution in [0.15, 0.2) is 0 Å². The first kappa shape index (κ1) is 11.9. The summed E-state index contributed by atoms with van der Waals surface area (Å²) in [5, 5.41) is -0.144. The zero-order valence-electron chi connectivity index (χ0n) is 8.34. The maximum absolute atomic E-state index is 11.3. The van der Waals surface area contributed by atoms with Crippen molar-refractivity contribution in [2.45, 2.75) is 51.7 Å². The molecule has 0 aromatic carbocycles. The van der Waals surface area contributed by atoms with Crippen LogP contribution >= 0.6 is 0 Å². The van der Waals surface area contributed by atoms with Gasteiger partial charge in [-0.05, 0) is 13.3 Å². The van der Waals surface area contributed by atoms with Gasteiger partial charge in [-0.2, -0.15) is 0 Å². The lowest BCUT2D eigenvalue weighted by Crippen LogP contribution is -2.19. The zero-order chi connectivity index (χ0) is 9.61. The van der Waals surface area contributed by atoms with Crippen LogP contribution in [0.2, 0.25) is 0 Å². The van der Waals surface area contributed by atoms with Crippen molar-refractivity contribution in [1.82, 2.24) is 0 Å². The predicted octanol–water partition coefficient (Wildman–Crippen LogP) is 2.39.